The maximum atomic E-state index is 12.1. The van der Waals surface area contributed by atoms with Crippen LogP contribution in [0.1, 0.15) is 13.8 Å². The highest BCUT2D eigenvalue weighted by Crippen LogP contribution is 2.32. The summed E-state index contributed by atoms with van der Waals surface area (Å²) in [4.78, 5) is 50.0. The molecule has 7 nitrogen and oxygen atoms in total. The van der Waals surface area contributed by atoms with Gasteiger partial charge in [0.05, 0.1) is 11.4 Å². The second kappa shape index (κ2) is 4.91. The van der Waals surface area contributed by atoms with Crippen LogP contribution >= 0.6 is 0 Å². The Morgan fingerprint density at radius 1 is 0.739 bits per heavy atom. The molecule has 23 heavy (non-hydrogen) atoms. The van der Waals surface area contributed by atoms with Crippen molar-refractivity contribution in [2.75, 3.05) is 15.5 Å². The van der Waals surface area contributed by atoms with Gasteiger partial charge in [0, 0.05) is 29.0 Å². The van der Waals surface area contributed by atoms with Gasteiger partial charge in [-0.2, -0.15) is 0 Å². The third-order valence-corrected chi connectivity index (χ3v) is 3.64. The van der Waals surface area contributed by atoms with Gasteiger partial charge in [-0.1, -0.05) is 0 Å². The molecule has 0 aromatic heterocycles. The number of imide groups is 2. The fraction of sp³-hybridized carbons (Fsp3) is 0.125. The Morgan fingerprint density at radius 2 is 1.13 bits per heavy atom. The van der Waals surface area contributed by atoms with Crippen molar-refractivity contribution in [2.24, 2.45) is 0 Å². The lowest BCUT2D eigenvalue weighted by Crippen LogP contribution is -2.33. The van der Waals surface area contributed by atoms with Crippen molar-refractivity contribution in [3.05, 3.63) is 41.5 Å². The Kier molecular flexibility index (Phi) is 3.14. The molecule has 0 saturated heterocycles. The number of anilines is 3. The number of rotatable bonds is 2. The van der Waals surface area contributed by atoms with Gasteiger partial charge in [-0.15, -0.1) is 0 Å². The van der Waals surface area contributed by atoms with Gasteiger partial charge in [0.2, 0.25) is 0 Å². The first-order valence-corrected chi connectivity index (χ1v) is 6.83. The van der Waals surface area contributed by atoms with Crippen LogP contribution in [0.25, 0.3) is 0 Å². The van der Waals surface area contributed by atoms with Gasteiger partial charge in [-0.05, 0) is 32.0 Å². The van der Waals surface area contributed by atoms with Crippen LogP contribution in [0.3, 0.4) is 0 Å². The maximum absolute atomic E-state index is 12.1. The molecule has 1 aromatic carbocycles. The van der Waals surface area contributed by atoms with E-state index in [1.807, 2.05) is 0 Å². The van der Waals surface area contributed by atoms with E-state index in [2.05, 4.69) is 0 Å². The average Bonchev–Trinajstić information content (AvgIpc) is 2.85. The van der Waals surface area contributed by atoms with Crippen molar-refractivity contribution in [3.8, 4) is 0 Å². The summed E-state index contributed by atoms with van der Waals surface area (Å²) >= 11 is 0. The summed E-state index contributed by atoms with van der Waals surface area (Å²) in [6, 6.07) is 4.30. The Morgan fingerprint density at radius 3 is 1.43 bits per heavy atom. The van der Waals surface area contributed by atoms with E-state index in [0.717, 1.165) is 9.80 Å². The van der Waals surface area contributed by atoms with Crippen LogP contribution in [0, 0.1) is 0 Å². The predicted octanol–water partition coefficient (Wildman–Crippen LogP) is 0.908. The van der Waals surface area contributed by atoms with Crippen molar-refractivity contribution in [3.63, 3.8) is 0 Å². The Bertz CT molecular complexity index is 785. The van der Waals surface area contributed by atoms with E-state index in [-0.39, 0.29) is 17.1 Å². The smallest absolute Gasteiger partial charge is 0.261 e. The molecule has 3 rings (SSSR count). The Labute approximate surface area is 131 Å². The van der Waals surface area contributed by atoms with Crippen molar-refractivity contribution < 1.29 is 19.2 Å². The van der Waals surface area contributed by atoms with E-state index in [9.17, 15) is 19.2 Å². The van der Waals surface area contributed by atoms with Crippen molar-refractivity contribution >= 4 is 40.7 Å². The second-order valence-corrected chi connectivity index (χ2v) is 5.40. The molecule has 2 N–H and O–H groups in total. The molecule has 2 heterocycles. The predicted molar refractivity (Wildman–Crippen MR) is 83.4 cm³/mol. The highest BCUT2D eigenvalue weighted by Gasteiger charge is 2.33. The molecular formula is C16H13N3O4. The summed E-state index contributed by atoms with van der Waals surface area (Å²) in [5.41, 5.74) is 7.09. The van der Waals surface area contributed by atoms with Crippen LogP contribution in [0.15, 0.2) is 41.5 Å². The standard InChI is InChI=1S/C16H13N3O4/c1-8-3-13(20)18(15(8)22)11-5-10(17)6-12(7-11)19-14(21)4-9(2)16(19)23/h3-7H,17H2,1-2H3. The molecule has 4 amide bonds. The van der Waals surface area contributed by atoms with Crippen LogP contribution < -0.4 is 15.5 Å². The lowest BCUT2D eigenvalue weighted by molar-refractivity contribution is -0.121. The number of benzene rings is 1. The summed E-state index contributed by atoms with van der Waals surface area (Å²) in [6.45, 7) is 3.07. The minimum atomic E-state index is -0.488. The normalized spacial score (nSPS) is 18.0. The number of nitrogens with zero attached hydrogens (tertiary/aromatic N) is 2. The monoisotopic (exact) mass is 311 g/mol. The lowest BCUT2D eigenvalue weighted by Gasteiger charge is -2.20. The van der Waals surface area contributed by atoms with Crippen LogP contribution in [0.5, 0.6) is 0 Å². The van der Waals surface area contributed by atoms with E-state index in [4.69, 9.17) is 5.73 Å². The van der Waals surface area contributed by atoms with Gasteiger partial charge >= 0.3 is 0 Å². The summed E-state index contributed by atoms with van der Waals surface area (Å²) in [5.74, 6) is -1.89. The van der Waals surface area contributed by atoms with Gasteiger partial charge in [0.15, 0.2) is 0 Å². The molecule has 0 atom stereocenters. The fourth-order valence-electron chi connectivity index (χ4n) is 2.54. The number of amides is 4. The van der Waals surface area contributed by atoms with Crippen LogP contribution in [0.2, 0.25) is 0 Å². The third kappa shape index (κ3) is 2.22. The Balaban J connectivity index is 2.05. The number of nitrogens with two attached hydrogens (primary N) is 1. The summed E-state index contributed by atoms with van der Waals surface area (Å²) < 4.78 is 0. The molecule has 0 aliphatic carbocycles. The molecule has 0 bridgehead atoms. The second-order valence-electron chi connectivity index (χ2n) is 5.40. The molecule has 1 aromatic rings. The maximum Gasteiger partial charge on any atom is 0.261 e. The first-order valence-electron chi connectivity index (χ1n) is 6.83. The number of carbonyl (C=O) groups is 4. The zero-order valence-electron chi connectivity index (χ0n) is 12.5. The van der Waals surface area contributed by atoms with Crippen molar-refractivity contribution in [1.29, 1.82) is 0 Å². The molecule has 0 fully saturated rings. The Hall–Kier alpha value is -3.22. The van der Waals surface area contributed by atoms with Gasteiger partial charge in [0.1, 0.15) is 0 Å². The van der Waals surface area contributed by atoms with Gasteiger partial charge < -0.3 is 5.73 Å². The highest BCUT2D eigenvalue weighted by molar-refractivity contribution is 6.32. The average molecular weight is 311 g/mol. The molecular weight excluding hydrogens is 298 g/mol. The largest absolute Gasteiger partial charge is 0.399 e. The fourth-order valence-corrected chi connectivity index (χ4v) is 2.54. The topological polar surface area (TPSA) is 101 Å². The first kappa shape index (κ1) is 14.7. The third-order valence-electron chi connectivity index (χ3n) is 3.64. The number of hydrogen-bond acceptors (Lipinski definition) is 5. The zero-order valence-corrected chi connectivity index (χ0v) is 12.5. The number of carbonyl (C=O) groups excluding carboxylic acids is 4. The molecule has 0 radical (unpaired) electrons. The molecule has 2 aliphatic rings. The summed E-state index contributed by atoms with van der Waals surface area (Å²) in [7, 11) is 0. The summed E-state index contributed by atoms with van der Waals surface area (Å²) in [5, 5.41) is 0. The number of hydrogen-bond donors (Lipinski definition) is 1. The minimum Gasteiger partial charge on any atom is -0.399 e. The molecule has 116 valence electrons. The van der Waals surface area contributed by atoms with Gasteiger partial charge in [-0.3, -0.25) is 19.2 Å². The molecule has 0 spiro atoms. The zero-order chi connectivity index (χ0) is 16.9. The van der Waals surface area contributed by atoms with Gasteiger partial charge in [-0.25, -0.2) is 9.80 Å². The van der Waals surface area contributed by atoms with Gasteiger partial charge in [0.25, 0.3) is 23.6 Å². The SMILES string of the molecule is CC1=CC(=O)N(c2cc(N)cc(N3C(=O)C=C(C)C3=O)c2)C1=O. The van der Waals surface area contributed by atoms with Crippen LogP contribution in [0.4, 0.5) is 17.1 Å². The quantitative estimate of drug-likeness (QED) is 0.646. The van der Waals surface area contributed by atoms with E-state index in [1.54, 1.807) is 0 Å². The number of nitrogen functional groups attached to an aromatic ring is 1. The van der Waals surface area contributed by atoms with E-state index < -0.39 is 23.6 Å². The molecule has 2 aliphatic heterocycles. The molecule has 0 saturated carbocycles. The lowest BCUT2D eigenvalue weighted by atomic mass is 10.2. The van der Waals surface area contributed by atoms with E-state index >= 15 is 0 Å². The minimum absolute atomic E-state index is 0.216. The van der Waals surface area contributed by atoms with Crippen molar-refractivity contribution in [2.45, 2.75) is 13.8 Å². The first-order chi connectivity index (χ1) is 10.8. The molecule has 7 heteroatoms. The van der Waals surface area contributed by atoms with Crippen molar-refractivity contribution in [1.82, 2.24) is 0 Å². The van der Waals surface area contributed by atoms with Crippen LogP contribution in [-0.4, -0.2) is 23.6 Å². The highest BCUT2D eigenvalue weighted by atomic mass is 16.2. The van der Waals surface area contributed by atoms with E-state index in [1.165, 1.54) is 44.2 Å². The van der Waals surface area contributed by atoms with Crippen LogP contribution in [-0.2, 0) is 19.2 Å². The van der Waals surface area contributed by atoms with E-state index in [0.29, 0.717) is 11.1 Å². The summed E-state index contributed by atoms with van der Waals surface area (Å²) in [6.07, 6.45) is 2.45. The molecule has 0 unspecified atom stereocenters.